The third kappa shape index (κ3) is 4.03. The molecular formula is C14H22N4O3. The lowest BCUT2D eigenvalue weighted by Gasteiger charge is -2.15. The van der Waals surface area contributed by atoms with Crippen LogP contribution in [0.4, 0.5) is 0 Å². The van der Waals surface area contributed by atoms with E-state index >= 15 is 0 Å². The van der Waals surface area contributed by atoms with Gasteiger partial charge < -0.3 is 10.4 Å². The third-order valence-corrected chi connectivity index (χ3v) is 4.25. The molecule has 0 aliphatic heterocycles. The Balaban J connectivity index is 1.77. The van der Waals surface area contributed by atoms with Crippen LogP contribution < -0.4 is 5.32 Å². The van der Waals surface area contributed by atoms with Crippen LogP contribution in [-0.2, 0) is 16.0 Å². The highest BCUT2D eigenvalue weighted by atomic mass is 16.4. The first kappa shape index (κ1) is 15.5. The van der Waals surface area contributed by atoms with E-state index in [0.29, 0.717) is 31.7 Å². The Hall–Kier alpha value is -1.92. The maximum absolute atomic E-state index is 12.2. The maximum Gasteiger partial charge on any atom is 0.307 e. The number of carbonyl (C=O) groups excluding carboxylic acids is 1. The van der Waals surface area contributed by atoms with Gasteiger partial charge in [-0.25, -0.2) is 4.98 Å². The SMILES string of the molecule is CCC1CC(C(=O)O)C(C(=O)NCCCc2ncn[nH]2)C1. The topological polar surface area (TPSA) is 108 Å². The molecule has 2 rings (SSSR count). The zero-order valence-corrected chi connectivity index (χ0v) is 12.2. The Morgan fingerprint density at radius 1 is 1.43 bits per heavy atom. The van der Waals surface area contributed by atoms with E-state index in [1.807, 2.05) is 6.92 Å². The minimum Gasteiger partial charge on any atom is -0.481 e. The second-order valence-electron chi connectivity index (χ2n) is 5.62. The van der Waals surface area contributed by atoms with E-state index in [-0.39, 0.29) is 5.91 Å². The predicted molar refractivity (Wildman–Crippen MR) is 75.3 cm³/mol. The number of hydrogen-bond donors (Lipinski definition) is 3. The molecule has 116 valence electrons. The first-order chi connectivity index (χ1) is 10.1. The lowest BCUT2D eigenvalue weighted by Crippen LogP contribution is -2.35. The van der Waals surface area contributed by atoms with Gasteiger partial charge in [-0.3, -0.25) is 14.7 Å². The highest BCUT2D eigenvalue weighted by molar-refractivity contribution is 5.85. The fourth-order valence-electron chi connectivity index (χ4n) is 2.99. The molecule has 1 amide bonds. The number of nitrogens with one attached hydrogen (secondary N) is 2. The van der Waals surface area contributed by atoms with Crippen LogP contribution >= 0.6 is 0 Å². The van der Waals surface area contributed by atoms with Crippen molar-refractivity contribution < 1.29 is 14.7 Å². The summed E-state index contributed by atoms with van der Waals surface area (Å²) in [5.41, 5.74) is 0. The van der Waals surface area contributed by atoms with Crippen molar-refractivity contribution in [1.82, 2.24) is 20.5 Å². The van der Waals surface area contributed by atoms with E-state index in [1.54, 1.807) is 0 Å². The number of aromatic amines is 1. The van der Waals surface area contributed by atoms with E-state index in [1.165, 1.54) is 6.33 Å². The number of nitrogens with zero attached hydrogens (tertiary/aromatic N) is 2. The predicted octanol–water partition coefficient (Wildman–Crippen LogP) is 0.990. The lowest BCUT2D eigenvalue weighted by atomic mass is 9.95. The van der Waals surface area contributed by atoms with E-state index in [4.69, 9.17) is 0 Å². The number of rotatable bonds is 7. The van der Waals surface area contributed by atoms with Gasteiger partial charge in [-0.1, -0.05) is 13.3 Å². The van der Waals surface area contributed by atoms with Gasteiger partial charge >= 0.3 is 5.97 Å². The molecule has 0 bridgehead atoms. The maximum atomic E-state index is 12.2. The van der Waals surface area contributed by atoms with Crippen molar-refractivity contribution in [2.24, 2.45) is 17.8 Å². The van der Waals surface area contributed by atoms with Crippen molar-refractivity contribution in [3.8, 4) is 0 Å². The molecule has 0 spiro atoms. The highest BCUT2D eigenvalue weighted by Gasteiger charge is 2.41. The minimum absolute atomic E-state index is 0.129. The van der Waals surface area contributed by atoms with Crippen LogP contribution in [-0.4, -0.2) is 38.7 Å². The molecule has 3 unspecified atom stereocenters. The van der Waals surface area contributed by atoms with Crippen LogP contribution in [0.25, 0.3) is 0 Å². The van der Waals surface area contributed by atoms with Crippen molar-refractivity contribution in [1.29, 1.82) is 0 Å². The Morgan fingerprint density at radius 2 is 2.19 bits per heavy atom. The summed E-state index contributed by atoms with van der Waals surface area (Å²) in [4.78, 5) is 27.4. The summed E-state index contributed by atoms with van der Waals surface area (Å²) >= 11 is 0. The number of aliphatic carboxylic acids is 1. The Morgan fingerprint density at radius 3 is 2.81 bits per heavy atom. The minimum atomic E-state index is -0.854. The zero-order chi connectivity index (χ0) is 15.2. The fourth-order valence-corrected chi connectivity index (χ4v) is 2.99. The van der Waals surface area contributed by atoms with Crippen molar-refractivity contribution in [3.05, 3.63) is 12.2 Å². The molecule has 1 aromatic heterocycles. The quantitative estimate of drug-likeness (QED) is 0.650. The first-order valence-electron chi connectivity index (χ1n) is 7.46. The number of aromatic nitrogens is 3. The van der Waals surface area contributed by atoms with Gasteiger partial charge in [0.15, 0.2) is 0 Å². The Kier molecular flexibility index (Phi) is 5.30. The van der Waals surface area contributed by atoms with E-state index in [0.717, 1.165) is 18.7 Å². The van der Waals surface area contributed by atoms with Gasteiger partial charge in [0.2, 0.25) is 5.91 Å². The van der Waals surface area contributed by atoms with Gasteiger partial charge in [0.05, 0.1) is 11.8 Å². The number of aryl methyl sites for hydroxylation is 1. The third-order valence-electron chi connectivity index (χ3n) is 4.25. The fraction of sp³-hybridized carbons (Fsp3) is 0.714. The Bertz CT molecular complexity index is 475. The molecule has 0 saturated heterocycles. The van der Waals surface area contributed by atoms with Crippen LogP contribution in [0.5, 0.6) is 0 Å². The van der Waals surface area contributed by atoms with Gasteiger partial charge in [0.25, 0.3) is 0 Å². The number of H-pyrrole nitrogens is 1. The number of hydrogen-bond acceptors (Lipinski definition) is 4. The second-order valence-corrected chi connectivity index (χ2v) is 5.62. The molecule has 21 heavy (non-hydrogen) atoms. The average molecular weight is 294 g/mol. The van der Waals surface area contributed by atoms with Crippen LogP contribution in [0.3, 0.4) is 0 Å². The monoisotopic (exact) mass is 294 g/mol. The molecule has 1 aromatic rings. The van der Waals surface area contributed by atoms with Crippen LogP contribution in [0.2, 0.25) is 0 Å². The highest BCUT2D eigenvalue weighted by Crippen LogP contribution is 2.38. The van der Waals surface area contributed by atoms with Gasteiger partial charge in [-0.15, -0.1) is 0 Å². The van der Waals surface area contributed by atoms with Crippen molar-refractivity contribution in [2.45, 2.75) is 39.0 Å². The molecule has 0 aromatic carbocycles. The summed E-state index contributed by atoms with van der Waals surface area (Å²) in [6.45, 7) is 2.57. The molecule has 7 nitrogen and oxygen atoms in total. The largest absolute Gasteiger partial charge is 0.481 e. The molecule has 7 heteroatoms. The molecule has 1 aliphatic carbocycles. The smallest absolute Gasteiger partial charge is 0.307 e. The summed E-state index contributed by atoms with van der Waals surface area (Å²) in [7, 11) is 0. The lowest BCUT2D eigenvalue weighted by molar-refractivity contribution is -0.146. The summed E-state index contributed by atoms with van der Waals surface area (Å²) in [6.07, 6.45) is 5.14. The molecule has 0 radical (unpaired) electrons. The normalized spacial score (nSPS) is 24.9. The molecule has 1 aliphatic rings. The second kappa shape index (κ2) is 7.19. The first-order valence-corrected chi connectivity index (χ1v) is 7.46. The van der Waals surface area contributed by atoms with Crippen LogP contribution in [0.1, 0.15) is 38.4 Å². The van der Waals surface area contributed by atoms with Gasteiger partial charge in [0, 0.05) is 13.0 Å². The summed E-state index contributed by atoms with van der Waals surface area (Å²) < 4.78 is 0. The molecule has 3 atom stereocenters. The van der Waals surface area contributed by atoms with E-state index in [2.05, 4.69) is 20.5 Å². The molecule has 1 fully saturated rings. The summed E-state index contributed by atoms with van der Waals surface area (Å²) in [5, 5.41) is 18.6. The van der Waals surface area contributed by atoms with Crippen molar-refractivity contribution in [3.63, 3.8) is 0 Å². The molecule has 3 N–H and O–H groups in total. The average Bonchev–Trinajstić information content (AvgIpc) is 3.12. The standard InChI is InChI=1S/C14H22N4O3/c1-2-9-6-10(11(7-9)14(20)21)13(19)15-5-3-4-12-16-8-17-18-12/h8-11H,2-7H2,1H3,(H,15,19)(H,20,21)(H,16,17,18). The number of amides is 1. The number of carboxylic acids is 1. The summed E-state index contributed by atoms with van der Waals surface area (Å²) in [5.74, 6) is -0.777. The molecule has 1 saturated carbocycles. The van der Waals surface area contributed by atoms with E-state index < -0.39 is 17.8 Å². The van der Waals surface area contributed by atoms with E-state index in [9.17, 15) is 14.7 Å². The number of carbonyl (C=O) groups is 2. The van der Waals surface area contributed by atoms with Crippen molar-refractivity contribution >= 4 is 11.9 Å². The van der Waals surface area contributed by atoms with Crippen LogP contribution in [0.15, 0.2) is 6.33 Å². The zero-order valence-electron chi connectivity index (χ0n) is 12.2. The number of carboxylic acid groups (broad SMARTS) is 1. The Labute approximate surface area is 123 Å². The summed E-state index contributed by atoms with van der Waals surface area (Å²) in [6, 6.07) is 0. The molecule has 1 heterocycles. The van der Waals surface area contributed by atoms with Gasteiger partial charge in [-0.05, 0) is 25.2 Å². The van der Waals surface area contributed by atoms with Gasteiger partial charge in [0.1, 0.15) is 12.2 Å². The van der Waals surface area contributed by atoms with Crippen LogP contribution in [0, 0.1) is 17.8 Å². The van der Waals surface area contributed by atoms with Gasteiger partial charge in [-0.2, -0.15) is 5.10 Å². The van der Waals surface area contributed by atoms with Crippen molar-refractivity contribution in [2.75, 3.05) is 6.54 Å². The molecular weight excluding hydrogens is 272 g/mol.